The summed E-state index contributed by atoms with van der Waals surface area (Å²) < 4.78 is 1.87. The highest BCUT2D eigenvalue weighted by molar-refractivity contribution is 5.99. The Morgan fingerprint density at radius 2 is 2.10 bits per heavy atom. The molecule has 3 aliphatic rings. The van der Waals surface area contributed by atoms with Crippen molar-refractivity contribution < 1.29 is 20.1 Å². The standard InChI is InChI=1S/C19H28N6O4/c1-11-7-13-14(8-12(11)21-5-2-4-20)25(6-3-15(27)16(28)9-26)18-17(24-13)19(29)23-10-22-18/h7-8,15-16,22,26-28H,2-6,9-10,20H2,1H3,(H,23,29). The molecule has 3 rings (SSSR count). The van der Waals surface area contributed by atoms with Crippen molar-refractivity contribution in [3.63, 3.8) is 0 Å². The second kappa shape index (κ2) is 9.31. The molecule has 10 nitrogen and oxygen atoms in total. The van der Waals surface area contributed by atoms with E-state index in [1.165, 1.54) is 0 Å². The Balaban J connectivity index is 2.10. The van der Waals surface area contributed by atoms with Crippen LogP contribution in [0.15, 0.2) is 17.1 Å². The minimum atomic E-state index is -1.22. The topological polar surface area (TPSA) is 158 Å². The third kappa shape index (κ3) is 4.56. The number of benzene rings is 1. The zero-order valence-electron chi connectivity index (χ0n) is 16.4. The van der Waals surface area contributed by atoms with Gasteiger partial charge in [-0.15, -0.1) is 0 Å². The summed E-state index contributed by atoms with van der Waals surface area (Å²) in [6.07, 6.45) is -1.34. The van der Waals surface area contributed by atoms with Gasteiger partial charge in [-0.2, -0.15) is 0 Å². The number of aliphatic hydroxyl groups is 3. The highest BCUT2D eigenvalue weighted by Crippen LogP contribution is 2.28. The van der Waals surface area contributed by atoms with Crippen LogP contribution in [-0.4, -0.2) is 69.4 Å². The summed E-state index contributed by atoms with van der Waals surface area (Å²) in [5, 5.41) is 35.5. The summed E-state index contributed by atoms with van der Waals surface area (Å²) in [7, 11) is 0. The van der Waals surface area contributed by atoms with Crippen molar-refractivity contribution in [1.82, 2.24) is 14.9 Å². The predicted molar refractivity (Wildman–Crippen MR) is 107 cm³/mol. The Morgan fingerprint density at radius 3 is 2.83 bits per heavy atom. The fourth-order valence-electron chi connectivity index (χ4n) is 3.30. The number of hydrogen-bond acceptors (Lipinski definition) is 8. The molecule has 0 aromatic heterocycles. The van der Waals surface area contributed by atoms with Gasteiger partial charge in [0.15, 0.2) is 5.69 Å². The number of anilines is 1. The van der Waals surface area contributed by atoms with Gasteiger partial charge in [0.25, 0.3) is 5.91 Å². The van der Waals surface area contributed by atoms with Crippen LogP contribution in [0.2, 0.25) is 0 Å². The SMILES string of the molecule is Cc1cc2nc3c(n(CCC(O)C(O)CO)c-2cc1=NCCCN)NCNC3=O. The summed E-state index contributed by atoms with van der Waals surface area (Å²) in [5.74, 6) is 0.267. The van der Waals surface area contributed by atoms with Gasteiger partial charge in [0, 0.05) is 13.1 Å². The highest BCUT2D eigenvalue weighted by Gasteiger charge is 2.26. The van der Waals surface area contributed by atoms with E-state index in [0.29, 0.717) is 31.1 Å². The number of nitrogens with one attached hydrogen (secondary N) is 2. The number of aryl methyl sites for hydroxylation is 1. The molecule has 7 N–H and O–H groups in total. The molecule has 0 spiro atoms. The molecular weight excluding hydrogens is 376 g/mol. The first-order valence-electron chi connectivity index (χ1n) is 9.71. The molecule has 2 heterocycles. The van der Waals surface area contributed by atoms with Crippen LogP contribution in [0.1, 0.15) is 28.9 Å². The van der Waals surface area contributed by atoms with E-state index < -0.39 is 18.8 Å². The quantitative estimate of drug-likeness (QED) is 0.300. The number of amides is 1. The molecule has 0 fully saturated rings. The number of nitrogens with two attached hydrogens (primary N) is 1. The Morgan fingerprint density at radius 1 is 1.31 bits per heavy atom. The van der Waals surface area contributed by atoms with Crippen molar-refractivity contribution in [3.8, 4) is 11.4 Å². The number of fused-ring (bicyclic) bond motifs is 2. The Labute approximate surface area is 168 Å². The fourth-order valence-corrected chi connectivity index (χ4v) is 3.30. The maximum Gasteiger partial charge on any atom is 0.275 e. The van der Waals surface area contributed by atoms with Crippen LogP contribution in [0.4, 0.5) is 5.82 Å². The largest absolute Gasteiger partial charge is 0.394 e. The normalized spacial score (nSPS) is 16.3. The molecule has 0 saturated heterocycles. The molecule has 1 aliphatic carbocycles. The minimum absolute atomic E-state index is 0.189. The number of nitrogens with zero attached hydrogens (tertiary/aromatic N) is 3. The maximum absolute atomic E-state index is 12.3. The molecule has 158 valence electrons. The number of hydrogen-bond donors (Lipinski definition) is 6. The molecule has 1 amide bonds. The van der Waals surface area contributed by atoms with Gasteiger partial charge in [-0.1, -0.05) is 0 Å². The van der Waals surface area contributed by atoms with E-state index in [1.807, 2.05) is 23.6 Å². The first-order chi connectivity index (χ1) is 14.0. The Kier molecular flexibility index (Phi) is 6.80. The molecule has 2 unspecified atom stereocenters. The lowest BCUT2D eigenvalue weighted by Crippen LogP contribution is -2.38. The number of aromatic nitrogens is 2. The van der Waals surface area contributed by atoms with Gasteiger partial charge in [-0.3, -0.25) is 9.79 Å². The smallest absolute Gasteiger partial charge is 0.275 e. The van der Waals surface area contributed by atoms with Crippen LogP contribution in [-0.2, 0) is 6.54 Å². The minimum Gasteiger partial charge on any atom is -0.394 e. The van der Waals surface area contributed by atoms with Crippen molar-refractivity contribution in [3.05, 3.63) is 28.7 Å². The van der Waals surface area contributed by atoms with Crippen molar-refractivity contribution in [2.75, 3.05) is 31.7 Å². The van der Waals surface area contributed by atoms with Gasteiger partial charge in [0.2, 0.25) is 0 Å². The van der Waals surface area contributed by atoms with E-state index in [-0.39, 0.29) is 24.7 Å². The average Bonchev–Trinajstić information content (AvgIpc) is 2.71. The number of carbonyl (C=O) groups excluding carboxylic acids is 1. The molecule has 29 heavy (non-hydrogen) atoms. The zero-order chi connectivity index (χ0) is 21.0. The third-order valence-electron chi connectivity index (χ3n) is 4.95. The van der Waals surface area contributed by atoms with Crippen LogP contribution in [0.5, 0.6) is 0 Å². The van der Waals surface area contributed by atoms with Gasteiger partial charge in [0.05, 0.1) is 36.1 Å². The van der Waals surface area contributed by atoms with Crippen LogP contribution in [0.25, 0.3) is 11.4 Å². The lowest BCUT2D eigenvalue weighted by molar-refractivity contribution is -0.0191. The molecule has 10 heteroatoms. The summed E-state index contributed by atoms with van der Waals surface area (Å²) in [4.78, 5) is 21.5. The van der Waals surface area contributed by atoms with E-state index in [2.05, 4.69) is 20.6 Å². The van der Waals surface area contributed by atoms with Gasteiger partial charge < -0.3 is 36.3 Å². The summed E-state index contributed by atoms with van der Waals surface area (Å²) in [6.45, 7) is 3.17. The highest BCUT2D eigenvalue weighted by atomic mass is 16.4. The fraction of sp³-hybridized carbons (Fsp3) is 0.526. The molecule has 0 aromatic rings. The third-order valence-corrected chi connectivity index (χ3v) is 4.95. The molecule has 2 aliphatic heterocycles. The van der Waals surface area contributed by atoms with Crippen LogP contribution >= 0.6 is 0 Å². The number of aliphatic hydroxyl groups excluding tert-OH is 3. The van der Waals surface area contributed by atoms with Gasteiger partial charge in [0.1, 0.15) is 11.9 Å². The first-order valence-corrected chi connectivity index (χ1v) is 9.71. The van der Waals surface area contributed by atoms with Crippen LogP contribution in [0, 0.1) is 6.92 Å². The summed E-state index contributed by atoms with van der Waals surface area (Å²) >= 11 is 0. The lowest BCUT2D eigenvalue weighted by atomic mass is 10.1. The molecular formula is C19H28N6O4. The van der Waals surface area contributed by atoms with Gasteiger partial charge in [-0.05, 0) is 44.0 Å². The number of rotatable bonds is 8. The van der Waals surface area contributed by atoms with Gasteiger partial charge in [-0.25, -0.2) is 4.98 Å². The van der Waals surface area contributed by atoms with Crippen molar-refractivity contribution >= 4 is 11.7 Å². The molecule has 0 bridgehead atoms. The van der Waals surface area contributed by atoms with E-state index in [1.54, 1.807) is 0 Å². The molecule has 0 aromatic carbocycles. The van der Waals surface area contributed by atoms with Gasteiger partial charge >= 0.3 is 0 Å². The molecule has 0 radical (unpaired) electrons. The Hall–Kier alpha value is -2.53. The van der Waals surface area contributed by atoms with Crippen molar-refractivity contribution in [2.24, 2.45) is 10.7 Å². The average molecular weight is 404 g/mol. The molecule has 2 atom stereocenters. The predicted octanol–water partition coefficient (Wildman–Crippen LogP) is -1.24. The van der Waals surface area contributed by atoms with E-state index in [9.17, 15) is 15.0 Å². The lowest BCUT2D eigenvalue weighted by Gasteiger charge is -2.27. The maximum atomic E-state index is 12.3. The van der Waals surface area contributed by atoms with Crippen LogP contribution in [0.3, 0.4) is 0 Å². The monoisotopic (exact) mass is 404 g/mol. The van der Waals surface area contributed by atoms with E-state index in [4.69, 9.17) is 10.8 Å². The summed E-state index contributed by atoms with van der Waals surface area (Å²) in [5.41, 5.74) is 8.16. The summed E-state index contributed by atoms with van der Waals surface area (Å²) in [6, 6.07) is 3.80. The molecule has 0 saturated carbocycles. The van der Waals surface area contributed by atoms with E-state index >= 15 is 0 Å². The first kappa shape index (κ1) is 21.2. The Bertz CT molecular complexity index is 912. The van der Waals surface area contributed by atoms with Crippen molar-refractivity contribution in [2.45, 2.75) is 38.5 Å². The zero-order valence-corrected chi connectivity index (χ0v) is 16.4. The van der Waals surface area contributed by atoms with E-state index in [0.717, 1.165) is 23.0 Å². The second-order valence-electron chi connectivity index (χ2n) is 7.08. The van der Waals surface area contributed by atoms with Crippen molar-refractivity contribution in [1.29, 1.82) is 0 Å². The second-order valence-corrected chi connectivity index (χ2v) is 7.08. The number of carbonyl (C=O) groups is 1. The van der Waals surface area contributed by atoms with Crippen LogP contribution < -0.4 is 21.7 Å².